The van der Waals surface area contributed by atoms with Crippen LogP contribution in [0.2, 0.25) is 10.0 Å². The van der Waals surface area contributed by atoms with Gasteiger partial charge < -0.3 is 10.2 Å². The highest BCUT2D eigenvalue weighted by atomic mass is 35.5. The summed E-state index contributed by atoms with van der Waals surface area (Å²) in [4.78, 5) is 28.7. The van der Waals surface area contributed by atoms with Crippen LogP contribution in [-0.4, -0.2) is 43.8 Å². The normalized spacial score (nSPS) is 12.8. The largest absolute Gasteiger partial charge is 0.352 e. The molecule has 0 saturated heterocycles. The quantitative estimate of drug-likeness (QED) is 0.284. The average Bonchev–Trinajstić information content (AvgIpc) is 2.92. The van der Waals surface area contributed by atoms with E-state index in [2.05, 4.69) is 5.32 Å². The van der Waals surface area contributed by atoms with Crippen molar-refractivity contribution in [3.63, 3.8) is 0 Å². The van der Waals surface area contributed by atoms with E-state index in [1.807, 2.05) is 51.1 Å². The van der Waals surface area contributed by atoms with Gasteiger partial charge in [-0.1, -0.05) is 85.6 Å². The Kier molecular flexibility index (Phi) is 10.8. The molecule has 0 aliphatic carbocycles. The first-order chi connectivity index (χ1) is 18.6. The molecule has 0 heterocycles. The molecule has 0 bridgehead atoms. The molecule has 1 N–H and O–H groups in total. The Morgan fingerprint density at radius 1 is 0.897 bits per heavy atom. The summed E-state index contributed by atoms with van der Waals surface area (Å²) in [6.07, 6.45) is 1.07. The maximum absolute atomic E-state index is 14.0. The molecular weight excluding hydrogens is 557 g/mol. The van der Waals surface area contributed by atoms with Crippen molar-refractivity contribution in [1.82, 2.24) is 10.2 Å². The Morgan fingerprint density at radius 3 is 2.08 bits per heavy atom. The summed E-state index contributed by atoms with van der Waals surface area (Å²) in [5, 5.41) is 3.36. The first kappa shape index (κ1) is 30.5. The molecule has 2 atom stereocenters. The third kappa shape index (κ3) is 7.75. The molecular formula is C29H33Cl2N3O4S. The lowest BCUT2D eigenvalue weighted by Crippen LogP contribution is -2.53. The van der Waals surface area contributed by atoms with Gasteiger partial charge in [-0.15, -0.1) is 0 Å². The summed E-state index contributed by atoms with van der Waals surface area (Å²) >= 11 is 12.5. The van der Waals surface area contributed by atoms with Crippen LogP contribution in [-0.2, 0) is 26.2 Å². The van der Waals surface area contributed by atoms with Crippen molar-refractivity contribution < 1.29 is 18.0 Å². The molecule has 0 fully saturated rings. The van der Waals surface area contributed by atoms with Crippen molar-refractivity contribution in [2.45, 2.75) is 57.1 Å². The molecule has 3 rings (SSSR count). The third-order valence-electron chi connectivity index (χ3n) is 6.37. The third-order valence-corrected chi connectivity index (χ3v) is 8.68. The molecule has 0 unspecified atom stereocenters. The molecule has 2 amide bonds. The van der Waals surface area contributed by atoms with E-state index >= 15 is 0 Å². The van der Waals surface area contributed by atoms with E-state index in [1.54, 1.807) is 18.2 Å². The van der Waals surface area contributed by atoms with Crippen molar-refractivity contribution in [3.05, 3.63) is 94.5 Å². The second-order valence-electron chi connectivity index (χ2n) is 9.17. The minimum absolute atomic E-state index is 0.0000174. The molecule has 208 valence electrons. The summed E-state index contributed by atoms with van der Waals surface area (Å²) < 4.78 is 28.6. The Hall–Kier alpha value is -3.07. The van der Waals surface area contributed by atoms with Crippen LogP contribution < -0.4 is 9.62 Å². The number of anilines is 1. The van der Waals surface area contributed by atoms with Gasteiger partial charge in [-0.2, -0.15) is 0 Å². The van der Waals surface area contributed by atoms with Crippen LogP contribution in [0.3, 0.4) is 0 Å². The second kappa shape index (κ2) is 13.8. The van der Waals surface area contributed by atoms with E-state index < -0.39 is 28.5 Å². The molecule has 3 aromatic carbocycles. The lowest BCUT2D eigenvalue weighted by Gasteiger charge is -2.34. The van der Waals surface area contributed by atoms with Crippen LogP contribution in [0.1, 0.15) is 39.2 Å². The van der Waals surface area contributed by atoms with Crippen molar-refractivity contribution in [2.75, 3.05) is 10.8 Å². The highest BCUT2D eigenvalue weighted by Gasteiger charge is 2.34. The fourth-order valence-corrected chi connectivity index (χ4v) is 6.07. The van der Waals surface area contributed by atoms with E-state index in [1.165, 1.54) is 35.2 Å². The highest BCUT2D eigenvalue weighted by Crippen LogP contribution is 2.33. The molecule has 10 heteroatoms. The molecule has 0 radical (unpaired) electrons. The summed E-state index contributed by atoms with van der Waals surface area (Å²) in [6.45, 7) is 5.23. The van der Waals surface area contributed by atoms with Gasteiger partial charge in [0.25, 0.3) is 10.0 Å². The molecule has 0 aliphatic heterocycles. The van der Waals surface area contributed by atoms with Gasteiger partial charge in [-0.3, -0.25) is 13.9 Å². The minimum atomic E-state index is -4.21. The number of amides is 2. The Morgan fingerprint density at radius 2 is 1.51 bits per heavy atom. The summed E-state index contributed by atoms with van der Waals surface area (Å²) in [5.74, 6) is -0.839. The first-order valence-corrected chi connectivity index (χ1v) is 14.9. The van der Waals surface area contributed by atoms with Gasteiger partial charge in [0.1, 0.15) is 12.6 Å². The van der Waals surface area contributed by atoms with Crippen molar-refractivity contribution in [3.8, 4) is 0 Å². The molecule has 0 spiro atoms. The van der Waals surface area contributed by atoms with Crippen LogP contribution in [0.5, 0.6) is 0 Å². The smallest absolute Gasteiger partial charge is 0.264 e. The standard InChI is InChI=1S/C29H33Cl2N3O4S/c1-4-21(3)32-29(36)26(5-2)33(19-22-12-8-6-9-13-22)28(35)20-34(27-17-16-23(30)18-25(27)31)39(37,38)24-14-10-7-11-15-24/h6-18,21,26H,4-5,19-20H2,1-3H3,(H,32,36)/t21-,26-/m1/s1. The van der Waals surface area contributed by atoms with Gasteiger partial charge in [-0.05, 0) is 55.7 Å². The van der Waals surface area contributed by atoms with Crippen LogP contribution >= 0.6 is 23.2 Å². The minimum Gasteiger partial charge on any atom is -0.352 e. The Balaban J connectivity index is 2.07. The number of carbonyl (C=O) groups excluding carboxylic acids is 2. The lowest BCUT2D eigenvalue weighted by molar-refractivity contribution is -0.140. The average molecular weight is 591 g/mol. The molecule has 3 aromatic rings. The molecule has 7 nitrogen and oxygen atoms in total. The van der Waals surface area contributed by atoms with Crippen molar-refractivity contribution >= 4 is 50.7 Å². The maximum atomic E-state index is 14.0. The molecule has 0 saturated carbocycles. The number of halogens is 2. The molecule has 0 aromatic heterocycles. The summed E-state index contributed by atoms with van der Waals surface area (Å²) in [5.41, 5.74) is 0.915. The second-order valence-corrected chi connectivity index (χ2v) is 11.9. The van der Waals surface area contributed by atoms with Crippen molar-refractivity contribution in [2.24, 2.45) is 0 Å². The number of sulfonamides is 1. The van der Waals surface area contributed by atoms with Gasteiger partial charge in [0.2, 0.25) is 11.8 Å². The molecule has 39 heavy (non-hydrogen) atoms. The first-order valence-electron chi connectivity index (χ1n) is 12.7. The van der Waals surface area contributed by atoms with E-state index in [0.29, 0.717) is 11.4 Å². The summed E-state index contributed by atoms with van der Waals surface area (Å²) in [6, 6.07) is 20.6. The number of carbonyl (C=O) groups is 2. The Labute approximate surface area is 240 Å². The zero-order valence-electron chi connectivity index (χ0n) is 22.2. The van der Waals surface area contributed by atoms with Crippen LogP contribution in [0.25, 0.3) is 0 Å². The molecule has 0 aliphatic rings. The van der Waals surface area contributed by atoms with Crippen LogP contribution in [0, 0.1) is 0 Å². The van der Waals surface area contributed by atoms with E-state index in [-0.39, 0.29) is 34.1 Å². The lowest BCUT2D eigenvalue weighted by atomic mass is 10.1. The van der Waals surface area contributed by atoms with E-state index in [0.717, 1.165) is 16.3 Å². The zero-order valence-corrected chi connectivity index (χ0v) is 24.5. The number of hydrogen-bond donors (Lipinski definition) is 1. The number of nitrogens with one attached hydrogen (secondary N) is 1. The number of benzene rings is 3. The van der Waals surface area contributed by atoms with Gasteiger partial charge in [0.15, 0.2) is 0 Å². The fourth-order valence-electron chi connectivity index (χ4n) is 4.06. The number of rotatable bonds is 12. The number of nitrogens with zero attached hydrogens (tertiary/aromatic N) is 2. The monoisotopic (exact) mass is 589 g/mol. The van der Waals surface area contributed by atoms with Gasteiger partial charge in [0.05, 0.1) is 15.6 Å². The van der Waals surface area contributed by atoms with Crippen LogP contribution in [0.4, 0.5) is 5.69 Å². The predicted octanol–water partition coefficient (Wildman–Crippen LogP) is 5.91. The fraction of sp³-hybridized carbons (Fsp3) is 0.310. The highest BCUT2D eigenvalue weighted by molar-refractivity contribution is 7.92. The topological polar surface area (TPSA) is 86.8 Å². The zero-order chi connectivity index (χ0) is 28.6. The van der Waals surface area contributed by atoms with Gasteiger partial charge >= 0.3 is 0 Å². The van der Waals surface area contributed by atoms with E-state index in [9.17, 15) is 18.0 Å². The van der Waals surface area contributed by atoms with Gasteiger partial charge in [-0.25, -0.2) is 8.42 Å². The SMILES string of the molecule is CC[C@@H](C)NC(=O)[C@@H](CC)N(Cc1ccccc1)C(=O)CN(c1ccc(Cl)cc1Cl)S(=O)(=O)c1ccccc1. The van der Waals surface area contributed by atoms with Crippen molar-refractivity contribution in [1.29, 1.82) is 0 Å². The summed E-state index contributed by atoms with van der Waals surface area (Å²) in [7, 11) is -4.21. The van der Waals surface area contributed by atoms with Crippen LogP contribution in [0.15, 0.2) is 83.8 Å². The maximum Gasteiger partial charge on any atom is 0.264 e. The predicted molar refractivity (Wildman–Crippen MR) is 156 cm³/mol. The van der Waals surface area contributed by atoms with Gasteiger partial charge in [0, 0.05) is 17.6 Å². The van der Waals surface area contributed by atoms with E-state index in [4.69, 9.17) is 23.2 Å². The number of hydrogen-bond acceptors (Lipinski definition) is 4. The Bertz CT molecular complexity index is 1370.